The van der Waals surface area contributed by atoms with E-state index in [1.807, 2.05) is 24.0 Å². The van der Waals surface area contributed by atoms with Crippen LogP contribution in [-0.2, 0) is 11.0 Å². The summed E-state index contributed by atoms with van der Waals surface area (Å²) in [6.07, 6.45) is -2.62. The highest BCUT2D eigenvalue weighted by molar-refractivity contribution is 5.74. The Morgan fingerprint density at radius 3 is 2.46 bits per heavy atom. The molecule has 6 heteroatoms. The van der Waals surface area contributed by atoms with Crippen LogP contribution in [0.15, 0.2) is 42.5 Å². The molecule has 0 spiro atoms. The molecule has 1 aliphatic rings. The molecule has 1 saturated heterocycles. The standard InChI is InChI=1S/C20H20F3NO2/c1-13-5-10-19(17(12-13)18-4-3-11-24(18)14(2)25)26-16-8-6-15(7-9-16)20(21,22)23/h5-10,12,18H,3-4,11H2,1-2H3. The monoisotopic (exact) mass is 363 g/mol. The van der Waals surface area contributed by atoms with Crippen molar-refractivity contribution < 1.29 is 22.7 Å². The number of likely N-dealkylation sites (tertiary alicyclic amines) is 1. The second-order valence-electron chi connectivity index (χ2n) is 6.54. The van der Waals surface area contributed by atoms with Crippen molar-refractivity contribution in [2.24, 2.45) is 0 Å². The molecule has 0 bridgehead atoms. The molecule has 1 fully saturated rings. The summed E-state index contributed by atoms with van der Waals surface area (Å²) in [5.41, 5.74) is 1.21. The van der Waals surface area contributed by atoms with Gasteiger partial charge in [-0.25, -0.2) is 0 Å². The Balaban J connectivity index is 1.90. The SMILES string of the molecule is CC(=O)N1CCCC1c1cc(C)ccc1Oc1ccc(C(F)(F)F)cc1. The second-order valence-corrected chi connectivity index (χ2v) is 6.54. The fraction of sp³-hybridized carbons (Fsp3) is 0.350. The van der Waals surface area contributed by atoms with Crippen LogP contribution in [0.3, 0.4) is 0 Å². The van der Waals surface area contributed by atoms with Gasteiger partial charge in [-0.15, -0.1) is 0 Å². The molecule has 1 heterocycles. The highest BCUT2D eigenvalue weighted by Gasteiger charge is 2.31. The summed E-state index contributed by atoms with van der Waals surface area (Å²) in [6, 6.07) is 10.2. The number of hydrogen-bond donors (Lipinski definition) is 0. The van der Waals surface area contributed by atoms with Crippen LogP contribution in [0.5, 0.6) is 11.5 Å². The number of aryl methyl sites for hydroxylation is 1. The van der Waals surface area contributed by atoms with Crippen molar-refractivity contribution in [3.05, 3.63) is 59.2 Å². The van der Waals surface area contributed by atoms with Crippen LogP contribution in [0.25, 0.3) is 0 Å². The van der Waals surface area contributed by atoms with Crippen molar-refractivity contribution >= 4 is 5.91 Å². The molecule has 0 N–H and O–H groups in total. The fourth-order valence-electron chi connectivity index (χ4n) is 3.33. The highest BCUT2D eigenvalue weighted by atomic mass is 19.4. The third-order valence-electron chi connectivity index (χ3n) is 4.59. The predicted molar refractivity (Wildman–Crippen MR) is 92.1 cm³/mol. The maximum Gasteiger partial charge on any atom is 0.416 e. The Kier molecular flexibility index (Phi) is 4.94. The molecule has 1 unspecified atom stereocenters. The number of hydrogen-bond acceptors (Lipinski definition) is 2. The van der Waals surface area contributed by atoms with Gasteiger partial charge in [-0.05, 0) is 50.1 Å². The minimum absolute atomic E-state index is 0.00878. The van der Waals surface area contributed by atoms with Crippen LogP contribution in [-0.4, -0.2) is 17.4 Å². The van der Waals surface area contributed by atoms with Gasteiger partial charge < -0.3 is 9.64 Å². The molecule has 1 atom stereocenters. The summed E-state index contributed by atoms with van der Waals surface area (Å²) in [6.45, 7) is 4.20. The number of carbonyl (C=O) groups excluding carboxylic acids is 1. The molecule has 2 aromatic rings. The van der Waals surface area contributed by atoms with Gasteiger partial charge in [-0.2, -0.15) is 13.2 Å². The van der Waals surface area contributed by atoms with E-state index in [1.165, 1.54) is 12.1 Å². The van der Waals surface area contributed by atoms with Crippen LogP contribution in [0.4, 0.5) is 13.2 Å². The quantitative estimate of drug-likeness (QED) is 0.722. The smallest absolute Gasteiger partial charge is 0.416 e. The van der Waals surface area contributed by atoms with Crippen LogP contribution in [0.2, 0.25) is 0 Å². The first-order chi connectivity index (χ1) is 12.3. The van der Waals surface area contributed by atoms with Crippen molar-refractivity contribution in [2.75, 3.05) is 6.54 Å². The largest absolute Gasteiger partial charge is 0.457 e. The Labute approximate surface area is 150 Å². The van der Waals surface area contributed by atoms with Crippen molar-refractivity contribution in [3.8, 4) is 11.5 Å². The molecule has 2 aromatic carbocycles. The number of ether oxygens (including phenoxy) is 1. The van der Waals surface area contributed by atoms with E-state index in [9.17, 15) is 18.0 Å². The topological polar surface area (TPSA) is 29.5 Å². The zero-order chi connectivity index (χ0) is 18.9. The molecule has 1 aliphatic heterocycles. The molecule has 3 rings (SSSR count). The van der Waals surface area contributed by atoms with Crippen molar-refractivity contribution in [3.63, 3.8) is 0 Å². The third kappa shape index (κ3) is 3.84. The number of nitrogens with zero attached hydrogens (tertiary/aromatic N) is 1. The Hall–Kier alpha value is -2.50. The van der Waals surface area contributed by atoms with Gasteiger partial charge in [0, 0.05) is 19.0 Å². The van der Waals surface area contributed by atoms with Gasteiger partial charge in [0.15, 0.2) is 0 Å². The lowest BCUT2D eigenvalue weighted by atomic mass is 10.0. The summed E-state index contributed by atoms with van der Waals surface area (Å²) in [5.74, 6) is 0.901. The molecule has 138 valence electrons. The van der Waals surface area contributed by atoms with Gasteiger partial charge in [0.2, 0.25) is 5.91 Å². The van der Waals surface area contributed by atoms with Crippen LogP contribution >= 0.6 is 0 Å². The van der Waals surface area contributed by atoms with E-state index >= 15 is 0 Å². The van der Waals surface area contributed by atoms with Gasteiger partial charge in [0.1, 0.15) is 11.5 Å². The van der Waals surface area contributed by atoms with E-state index in [2.05, 4.69) is 0 Å². The van der Waals surface area contributed by atoms with Crippen molar-refractivity contribution in [1.82, 2.24) is 4.90 Å². The van der Waals surface area contributed by atoms with Crippen molar-refractivity contribution in [1.29, 1.82) is 0 Å². The zero-order valence-electron chi connectivity index (χ0n) is 14.6. The molecular formula is C20H20F3NO2. The van der Waals surface area contributed by atoms with Crippen molar-refractivity contribution in [2.45, 2.75) is 38.9 Å². The maximum absolute atomic E-state index is 12.7. The van der Waals surface area contributed by atoms with Gasteiger partial charge in [-0.1, -0.05) is 17.7 Å². The average molecular weight is 363 g/mol. The lowest BCUT2D eigenvalue weighted by Crippen LogP contribution is -2.28. The molecule has 0 aromatic heterocycles. The van der Waals surface area contributed by atoms with Gasteiger partial charge >= 0.3 is 6.18 Å². The third-order valence-corrected chi connectivity index (χ3v) is 4.59. The van der Waals surface area contributed by atoms with E-state index in [0.29, 0.717) is 18.0 Å². The fourth-order valence-corrected chi connectivity index (χ4v) is 3.33. The Morgan fingerprint density at radius 2 is 1.85 bits per heavy atom. The summed E-state index contributed by atoms with van der Waals surface area (Å²) in [4.78, 5) is 13.7. The van der Waals surface area contributed by atoms with Gasteiger partial charge in [-0.3, -0.25) is 4.79 Å². The van der Waals surface area contributed by atoms with E-state index in [0.717, 1.165) is 36.1 Å². The second kappa shape index (κ2) is 7.02. The molecule has 0 radical (unpaired) electrons. The van der Waals surface area contributed by atoms with Crippen LogP contribution < -0.4 is 4.74 Å². The van der Waals surface area contributed by atoms with Gasteiger partial charge in [0.05, 0.1) is 11.6 Å². The molecular weight excluding hydrogens is 343 g/mol. The lowest BCUT2D eigenvalue weighted by molar-refractivity contribution is -0.137. The Morgan fingerprint density at radius 1 is 1.15 bits per heavy atom. The number of carbonyl (C=O) groups is 1. The number of halogens is 3. The highest BCUT2D eigenvalue weighted by Crippen LogP contribution is 2.39. The first-order valence-corrected chi connectivity index (χ1v) is 8.48. The first-order valence-electron chi connectivity index (χ1n) is 8.48. The van der Waals surface area contributed by atoms with Crippen LogP contribution in [0, 0.1) is 6.92 Å². The first kappa shape index (κ1) is 18.3. The van der Waals surface area contributed by atoms with Crippen LogP contribution in [0.1, 0.15) is 42.5 Å². The predicted octanol–water partition coefficient (Wildman–Crippen LogP) is 5.49. The number of alkyl halides is 3. The molecule has 0 aliphatic carbocycles. The minimum atomic E-state index is -4.38. The van der Waals surface area contributed by atoms with E-state index in [4.69, 9.17) is 4.74 Å². The molecule has 0 saturated carbocycles. The molecule has 1 amide bonds. The normalized spacial score (nSPS) is 17.4. The summed E-state index contributed by atoms with van der Waals surface area (Å²) >= 11 is 0. The summed E-state index contributed by atoms with van der Waals surface area (Å²) in [7, 11) is 0. The van der Waals surface area contributed by atoms with E-state index < -0.39 is 11.7 Å². The van der Waals surface area contributed by atoms with E-state index in [-0.39, 0.29) is 11.9 Å². The van der Waals surface area contributed by atoms with Gasteiger partial charge in [0.25, 0.3) is 0 Å². The molecule has 26 heavy (non-hydrogen) atoms. The minimum Gasteiger partial charge on any atom is -0.457 e. The zero-order valence-corrected chi connectivity index (χ0v) is 14.6. The maximum atomic E-state index is 12.7. The summed E-state index contributed by atoms with van der Waals surface area (Å²) in [5, 5.41) is 0. The Bertz CT molecular complexity index is 800. The number of rotatable bonds is 3. The number of benzene rings is 2. The molecule has 3 nitrogen and oxygen atoms in total. The summed E-state index contributed by atoms with van der Waals surface area (Å²) < 4.78 is 44.0. The average Bonchev–Trinajstić information content (AvgIpc) is 3.06. The number of amides is 1. The van der Waals surface area contributed by atoms with E-state index in [1.54, 1.807) is 13.0 Å². The lowest BCUT2D eigenvalue weighted by Gasteiger charge is -2.26.